The van der Waals surface area contributed by atoms with Crippen molar-refractivity contribution in [2.45, 2.75) is 117 Å². The number of unbranched alkanes of at least 4 members (excludes halogenated alkanes) is 13. The highest BCUT2D eigenvalue weighted by atomic mass is 16.3. The lowest BCUT2D eigenvalue weighted by Crippen LogP contribution is -2.52. The van der Waals surface area contributed by atoms with E-state index in [-0.39, 0.29) is 6.61 Å². The highest BCUT2D eigenvalue weighted by molar-refractivity contribution is 5.76. The van der Waals surface area contributed by atoms with Crippen molar-refractivity contribution >= 4 is 5.84 Å². The molecule has 0 aromatic heterocycles. The molecule has 1 N–H and O–H groups in total. The summed E-state index contributed by atoms with van der Waals surface area (Å²) in [5.41, 5.74) is 0. The Hall–Kier alpha value is -0.670. The monoisotopic (exact) mass is 407 g/mol. The zero-order valence-electron chi connectivity index (χ0n) is 19.8. The van der Waals surface area contributed by atoms with Gasteiger partial charge in [-0.15, -0.1) is 0 Å². The van der Waals surface area contributed by atoms with Gasteiger partial charge in [0.05, 0.1) is 19.7 Å². The zero-order valence-corrected chi connectivity index (χ0v) is 19.8. The molecule has 0 amide bonds. The Balaban J connectivity index is 1.89. The SMILES string of the molecule is CCCCCCCCCC/C=C/CCCCCCCC1=NCC[N+]1(CC)CCO. The maximum atomic E-state index is 9.38. The highest BCUT2D eigenvalue weighted by Crippen LogP contribution is 2.20. The van der Waals surface area contributed by atoms with Gasteiger partial charge in [0.2, 0.25) is 0 Å². The second-order valence-electron chi connectivity index (χ2n) is 8.97. The molecule has 29 heavy (non-hydrogen) atoms. The number of likely N-dealkylation sites (N-methyl/N-ethyl adjacent to an activating group) is 1. The van der Waals surface area contributed by atoms with Crippen LogP contribution >= 0.6 is 0 Å². The average molecular weight is 408 g/mol. The van der Waals surface area contributed by atoms with E-state index in [0.717, 1.165) is 37.1 Å². The van der Waals surface area contributed by atoms with Crippen LogP contribution in [0.15, 0.2) is 17.1 Å². The van der Waals surface area contributed by atoms with Gasteiger partial charge < -0.3 is 5.11 Å². The molecule has 1 aliphatic rings. The normalized spacial score (nSPS) is 19.3. The molecule has 170 valence electrons. The van der Waals surface area contributed by atoms with E-state index in [4.69, 9.17) is 4.99 Å². The average Bonchev–Trinajstić information content (AvgIpc) is 3.13. The van der Waals surface area contributed by atoms with E-state index in [0.29, 0.717) is 0 Å². The fourth-order valence-electron chi connectivity index (χ4n) is 4.60. The fraction of sp³-hybridized carbons (Fsp3) is 0.885. The number of aliphatic imine (C=N–C) groups is 1. The Morgan fingerprint density at radius 1 is 0.793 bits per heavy atom. The molecular weight excluding hydrogens is 356 g/mol. The first-order valence-corrected chi connectivity index (χ1v) is 12.9. The number of quaternary nitrogens is 1. The Labute approximate surface area is 182 Å². The van der Waals surface area contributed by atoms with Gasteiger partial charge in [-0.1, -0.05) is 83.3 Å². The molecule has 1 atom stereocenters. The van der Waals surface area contributed by atoms with Crippen molar-refractivity contribution in [1.82, 2.24) is 0 Å². The summed E-state index contributed by atoms with van der Waals surface area (Å²) in [6.45, 7) is 8.77. The quantitative estimate of drug-likeness (QED) is 0.131. The summed E-state index contributed by atoms with van der Waals surface area (Å²) in [6, 6.07) is 0. The lowest BCUT2D eigenvalue weighted by Gasteiger charge is -2.33. The Morgan fingerprint density at radius 3 is 1.90 bits per heavy atom. The van der Waals surface area contributed by atoms with E-state index in [2.05, 4.69) is 26.0 Å². The van der Waals surface area contributed by atoms with E-state index in [1.54, 1.807) is 0 Å². The predicted octanol–water partition coefficient (Wildman–Crippen LogP) is 7.05. The number of amidine groups is 1. The molecule has 1 heterocycles. The van der Waals surface area contributed by atoms with Crippen LogP contribution in [0.1, 0.15) is 117 Å². The van der Waals surface area contributed by atoms with Crippen molar-refractivity contribution in [2.24, 2.45) is 4.99 Å². The molecule has 1 rings (SSSR count). The van der Waals surface area contributed by atoms with Crippen LogP contribution in [0, 0.1) is 0 Å². The minimum Gasteiger partial charge on any atom is -0.390 e. The number of hydrogen-bond acceptors (Lipinski definition) is 2. The van der Waals surface area contributed by atoms with Crippen molar-refractivity contribution in [3.63, 3.8) is 0 Å². The van der Waals surface area contributed by atoms with Crippen LogP contribution < -0.4 is 0 Å². The lowest BCUT2D eigenvalue weighted by atomic mass is 10.1. The first-order valence-electron chi connectivity index (χ1n) is 12.9. The first kappa shape index (κ1) is 26.4. The van der Waals surface area contributed by atoms with Crippen molar-refractivity contribution in [2.75, 3.05) is 32.8 Å². The van der Waals surface area contributed by atoms with Crippen LogP contribution in [0.3, 0.4) is 0 Å². The van der Waals surface area contributed by atoms with Gasteiger partial charge in [0.25, 0.3) is 0 Å². The van der Waals surface area contributed by atoms with Crippen LogP contribution in [0.4, 0.5) is 0 Å². The number of aliphatic hydroxyl groups excluding tert-OH is 1. The fourth-order valence-corrected chi connectivity index (χ4v) is 4.60. The number of aliphatic hydroxyl groups is 1. The molecule has 0 aromatic rings. The van der Waals surface area contributed by atoms with Gasteiger partial charge in [-0.25, -0.2) is 4.99 Å². The standard InChI is InChI=1S/C26H51N2O/c1-3-5-6-7-8-9-10-11-12-13-14-15-16-17-18-19-20-21-26-27-22-23-28(26,4-2)24-25-29/h13-14,29H,3-12,15-25H2,1-2H3/q+1/b14-13+. The van der Waals surface area contributed by atoms with Gasteiger partial charge in [-0.2, -0.15) is 0 Å². The second kappa shape index (κ2) is 18.1. The third-order valence-corrected chi connectivity index (χ3v) is 6.67. The molecule has 3 nitrogen and oxygen atoms in total. The van der Waals surface area contributed by atoms with E-state index in [1.165, 1.54) is 102 Å². The van der Waals surface area contributed by atoms with Crippen molar-refractivity contribution < 1.29 is 9.59 Å². The molecule has 0 bridgehead atoms. The molecule has 0 radical (unpaired) electrons. The van der Waals surface area contributed by atoms with E-state index < -0.39 is 0 Å². The highest BCUT2D eigenvalue weighted by Gasteiger charge is 2.35. The minimum atomic E-state index is 0.277. The minimum absolute atomic E-state index is 0.277. The summed E-state index contributed by atoms with van der Waals surface area (Å²) < 4.78 is 0.945. The first-order chi connectivity index (χ1) is 14.3. The van der Waals surface area contributed by atoms with Gasteiger partial charge in [-0.05, 0) is 39.0 Å². The Kier molecular flexibility index (Phi) is 16.5. The number of allylic oxidation sites excluding steroid dienone is 2. The van der Waals surface area contributed by atoms with Gasteiger partial charge in [0.15, 0.2) is 5.84 Å². The summed E-state index contributed by atoms with van der Waals surface area (Å²) in [6.07, 6.45) is 26.5. The van der Waals surface area contributed by atoms with Crippen LogP contribution in [-0.4, -0.2) is 48.2 Å². The van der Waals surface area contributed by atoms with Crippen LogP contribution in [0.2, 0.25) is 0 Å². The van der Waals surface area contributed by atoms with Gasteiger partial charge >= 0.3 is 0 Å². The molecular formula is C26H51N2O+. The summed E-state index contributed by atoms with van der Waals surface area (Å²) in [4.78, 5) is 4.76. The molecule has 0 fully saturated rings. The summed E-state index contributed by atoms with van der Waals surface area (Å²) in [5, 5.41) is 9.38. The molecule has 0 aromatic carbocycles. The van der Waals surface area contributed by atoms with Crippen LogP contribution in [-0.2, 0) is 0 Å². The molecule has 1 aliphatic heterocycles. The smallest absolute Gasteiger partial charge is 0.198 e. The molecule has 0 saturated carbocycles. The molecule has 1 unspecified atom stereocenters. The maximum absolute atomic E-state index is 9.38. The van der Waals surface area contributed by atoms with Crippen LogP contribution in [0.5, 0.6) is 0 Å². The second-order valence-corrected chi connectivity index (χ2v) is 8.97. The van der Waals surface area contributed by atoms with Gasteiger partial charge in [0, 0.05) is 6.42 Å². The van der Waals surface area contributed by atoms with E-state index in [1.807, 2.05) is 0 Å². The zero-order chi connectivity index (χ0) is 21.0. The molecule has 0 saturated heterocycles. The third-order valence-electron chi connectivity index (χ3n) is 6.67. The summed E-state index contributed by atoms with van der Waals surface area (Å²) in [5.74, 6) is 1.35. The largest absolute Gasteiger partial charge is 0.390 e. The summed E-state index contributed by atoms with van der Waals surface area (Å²) >= 11 is 0. The number of nitrogens with zero attached hydrogens (tertiary/aromatic N) is 2. The summed E-state index contributed by atoms with van der Waals surface area (Å²) in [7, 11) is 0. The predicted molar refractivity (Wildman–Crippen MR) is 129 cm³/mol. The molecule has 3 heteroatoms. The Morgan fingerprint density at radius 2 is 1.34 bits per heavy atom. The maximum Gasteiger partial charge on any atom is 0.198 e. The van der Waals surface area contributed by atoms with E-state index >= 15 is 0 Å². The third kappa shape index (κ3) is 11.9. The van der Waals surface area contributed by atoms with E-state index in [9.17, 15) is 5.11 Å². The van der Waals surface area contributed by atoms with Gasteiger partial charge in [-0.3, -0.25) is 4.48 Å². The lowest BCUT2D eigenvalue weighted by molar-refractivity contribution is -0.835. The number of rotatable bonds is 20. The van der Waals surface area contributed by atoms with Crippen molar-refractivity contribution in [3.05, 3.63) is 12.2 Å². The molecule has 0 aliphatic carbocycles. The van der Waals surface area contributed by atoms with Gasteiger partial charge in [0.1, 0.15) is 13.1 Å². The Bertz CT molecular complexity index is 432. The topological polar surface area (TPSA) is 32.6 Å². The van der Waals surface area contributed by atoms with Crippen LogP contribution in [0.25, 0.3) is 0 Å². The number of hydrogen-bond donors (Lipinski definition) is 1. The van der Waals surface area contributed by atoms with Crippen molar-refractivity contribution in [1.29, 1.82) is 0 Å². The van der Waals surface area contributed by atoms with Crippen molar-refractivity contribution in [3.8, 4) is 0 Å². The molecule has 0 spiro atoms.